The van der Waals surface area contributed by atoms with Crippen LogP contribution in [0.25, 0.3) is 10.9 Å². The lowest BCUT2D eigenvalue weighted by molar-refractivity contribution is -0.113. The number of rotatable bonds is 4. The minimum atomic E-state index is -0.228. The van der Waals surface area contributed by atoms with E-state index >= 15 is 0 Å². The lowest BCUT2D eigenvalue weighted by Crippen LogP contribution is -2.14. The number of nitrogens with zero attached hydrogens (tertiary/aromatic N) is 3. The van der Waals surface area contributed by atoms with Gasteiger partial charge in [0.2, 0.25) is 5.91 Å². The lowest BCUT2D eigenvalue weighted by atomic mass is 10.1. The molecule has 0 fully saturated rings. The molecule has 1 aromatic carbocycles. The van der Waals surface area contributed by atoms with Crippen LogP contribution in [0.1, 0.15) is 27.1 Å². The fraction of sp³-hybridized carbons (Fsp3) is 0.200. The Morgan fingerprint density at radius 1 is 1.26 bits per heavy atom. The van der Waals surface area contributed by atoms with Crippen molar-refractivity contribution in [1.29, 1.82) is 10.5 Å². The SMILES string of the molecule is Cc1sc(NC(=O)CSc2nc3c(C)cccc3cc2C#N)c(C#N)c1C. The molecular formula is C20H16N4OS2. The molecule has 0 aliphatic carbocycles. The number of benzene rings is 1. The summed E-state index contributed by atoms with van der Waals surface area (Å²) >= 11 is 2.62. The van der Waals surface area contributed by atoms with Gasteiger partial charge in [0.05, 0.1) is 22.4 Å². The molecule has 0 bridgehead atoms. The number of fused-ring (bicyclic) bond motifs is 1. The highest BCUT2D eigenvalue weighted by Gasteiger charge is 2.16. The normalized spacial score (nSPS) is 10.4. The molecule has 0 aliphatic heterocycles. The summed E-state index contributed by atoms with van der Waals surface area (Å²) in [5, 5.41) is 23.5. The molecule has 2 aromatic heterocycles. The molecule has 134 valence electrons. The zero-order valence-electron chi connectivity index (χ0n) is 15.1. The number of hydrogen-bond acceptors (Lipinski definition) is 6. The maximum absolute atomic E-state index is 12.4. The largest absolute Gasteiger partial charge is 0.316 e. The number of nitriles is 2. The molecule has 0 saturated heterocycles. The van der Waals surface area contributed by atoms with Crippen LogP contribution in [0.2, 0.25) is 0 Å². The molecule has 0 atom stereocenters. The molecule has 3 aromatic rings. The highest BCUT2D eigenvalue weighted by Crippen LogP contribution is 2.32. The second kappa shape index (κ2) is 7.79. The summed E-state index contributed by atoms with van der Waals surface area (Å²) in [5.74, 6) is -0.117. The quantitative estimate of drug-likeness (QED) is 0.650. The third kappa shape index (κ3) is 3.80. The van der Waals surface area contributed by atoms with Crippen LogP contribution in [-0.2, 0) is 4.79 Å². The number of hydrogen-bond donors (Lipinski definition) is 1. The molecule has 7 heteroatoms. The minimum Gasteiger partial charge on any atom is -0.316 e. The van der Waals surface area contributed by atoms with Gasteiger partial charge in [0.15, 0.2) is 0 Å². The molecule has 0 saturated carbocycles. The van der Waals surface area contributed by atoms with Gasteiger partial charge in [-0.05, 0) is 38.0 Å². The van der Waals surface area contributed by atoms with Gasteiger partial charge in [0.1, 0.15) is 22.2 Å². The molecule has 5 nitrogen and oxygen atoms in total. The van der Waals surface area contributed by atoms with E-state index in [1.165, 1.54) is 23.1 Å². The smallest absolute Gasteiger partial charge is 0.235 e. The number of carbonyl (C=O) groups is 1. The number of thiophene rings is 1. The van der Waals surface area contributed by atoms with E-state index in [-0.39, 0.29) is 11.7 Å². The number of carbonyl (C=O) groups excluding carboxylic acids is 1. The van der Waals surface area contributed by atoms with Gasteiger partial charge in [0.25, 0.3) is 0 Å². The third-order valence-electron chi connectivity index (χ3n) is 4.22. The Hall–Kier alpha value is -2.87. The van der Waals surface area contributed by atoms with Crippen molar-refractivity contribution in [1.82, 2.24) is 4.98 Å². The van der Waals surface area contributed by atoms with Gasteiger partial charge in [0, 0.05) is 10.3 Å². The van der Waals surface area contributed by atoms with Crippen molar-refractivity contribution in [3.8, 4) is 12.1 Å². The van der Waals surface area contributed by atoms with Gasteiger partial charge in [-0.1, -0.05) is 30.0 Å². The predicted octanol–water partition coefficient (Wildman–Crippen LogP) is 4.70. The first kappa shape index (κ1) is 18.9. The van der Waals surface area contributed by atoms with E-state index in [2.05, 4.69) is 22.4 Å². The molecule has 27 heavy (non-hydrogen) atoms. The Morgan fingerprint density at radius 2 is 2.04 bits per heavy atom. The summed E-state index contributed by atoms with van der Waals surface area (Å²) in [6.45, 7) is 5.76. The first-order valence-corrected chi connectivity index (χ1v) is 9.98. The van der Waals surface area contributed by atoms with E-state index in [1.807, 2.05) is 39.0 Å². The van der Waals surface area contributed by atoms with Gasteiger partial charge in [-0.15, -0.1) is 11.3 Å². The number of aromatic nitrogens is 1. The number of thioether (sulfide) groups is 1. The van der Waals surface area contributed by atoms with Crippen molar-refractivity contribution in [3.05, 3.63) is 51.4 Å². The number of anilines is 1. The molecule has 0 spiro atoms. The molecule has 0 unspecified atom stereocenters. The number of aryl methyl sites for hydroxylation is 2. The summed E-state index contributed by atoms with van der Waals surface area (Å²) in [4.78, 5) is 18.0. The van der Waals surface area contributed by atoms with Crippen molar-refractivity contribution in [2.75, 3.05) is 11.1 Å². The third-order valence-corrected chi connectivity index (χ3v) is 6.34. The number of para-hydroxylation sites is 1. The first-order valence-electron chi connectivity index (χ1n) is 8.17. The standard InChI is InChI=1S/C20H16N4OS2/c1-11-5-4-6-14-7-15(8-21)19(24-18(11)14)26-10-17(25)23-20-16(9-22)12(2)13(3)27-20/h4-7H,10H2,1-3H3,(H,23,25). The van der Waals surface area contributed by atoms with Crippen LogP contribution in [0.5, 0.6) is 0 Å². The molecule has 2 heterocycles. The second-order valence-electron chi connectivity index (χ2n) is 6.04. The number of amides is 1. The average Bonchev–Trinajstić information content (AvgIpc) is 2.92. The Balaban J connectivity index is 1.80. The van der Waals surface area contributed by atoms with Crippen molar-refractivity contribution in [3.63, 3.8) is 0 Å². The molecule has 1 N–H and O–H groups in total. The first-order chi connectivity index (χ1) is 12.9. The molecule has 0 radical (unpaired) electrons. The molecule has 1 amide bonds. The van der Waals surface area contributed by atoms with Crippen LogP contribution >= 0.6 is 23.1 Å². The van der Waals surface area contributed by atoms with Gasteiger partial charge in [-0.25, -0.2) is 4.98 Å². The molecule has 0 aliphatic rings. The second-order valence-corrected chi connectivity index (χ2v) is 8.22. The van der Waals surface area contributed by atoms with E-state index in [0.717, 1.165) is 26.9 Å². The van der Waals surface area contributed by atoms with Gasteiger partial charge >= 0.3 is 0 Å². The van der Waals surface area contributed by atoms with Crippen LogP contribution in [0.4, 0.5) is 5.00 Å². The Kier molecular flexibility index (Phi) is 5.46. The highest BCUT2D eigenvalue weighted by molar-refractivity contribution is 8.00. The fourth-order valence-corrected chi connectivity index (χ4v) is 4.45. The van der Waals surface area contributed by atoms with Crippen LogP contribution in [0, 0.1) is 43.4 Å². The monoisotopic (exact) mass is 392 g/mol. The Bertz CT molecular complexity index is 1140. The van der Waals surface area contributed by atoms with Crippen LogP contribution in [0.3, 0.4) is 0 Å². The van der Waals surface area contributed by atoms with Crippen molar-refractivity contribution in [2.24, 2.45) is 0 Å². The highest BCUT2D eigenvalue weighted by atomic mass is 32.2. The van der Waals surface area contributed by atoms with Crippen LogP contribution in [-0.4, -0.2) is 16.6 Å². The number of pyridine rings is 1. The van der Waals surface area contributed by atoms with Crippen LogP contribution < -0.4 is 5.32 Å². The fourth-order valence-electron chi connectivity index (χ4n) is 2.67. The number of nitrogens with one attached hydrogen (secondary N) is 1. The van der Waals surface area contributed by atoms with E-state index in [4.69, 9.17) is 0 Å². The van der Waals surface area contributed by atoms with Crippen molar-refractivity contribution >= 4 is 44.9 Å². The van der Waals surface area contributed by atoms with E-state index in [1.54, 1.807) is 6.07 Å². The van der Waals surface area contributed by atoms with E-state index in [9.17, 15) is 15.3 Å². The predicted molar refractivity (Wildman–Crippen MR) is 109 cm³/mol. The molecular weight excluding hydrogens is 376 g/mol. The van der Waals surface area contributed by atoms with Gasteiger partial charge in [-0.2, -0.15) is 10.5 Å². The van der Waals surface area contributed by atoms with Gasteiger partial charge < -0.3 is 5.32 Å². The minimum absolute atomic E-state index is 0.111. The summed E-state index contributed by atoms with van der Waals surface area (Å²) < 4.78 is 0. The Labute approximate surface area is 165 Å². The summed E-state index contributed by atoms with van der Waals surface area (Å²) in [6, 6.07) is 11.9. The van der Waals surface area contributed by atoms with Gasteiger partial charge in [-0.3, -0.25) is 4.79 Å². The average molecular weight is 393 g/mol. The molecule has 3 rings (SSSR count). The maximum atomic E-state index is 12.4. The van der Waals surface area contributed by atoms with E-state index in [0.29, 0.717) is 21.2 Å². The maximum Gasteiger partial charge on any atom is 0.235 e. The topological polar surface area (TPSA) is 89.6 Å². The zero-order valence-corrected chi connectivity index (χ0v) is 16.7. The summed E-state index contributed by atoms with van der Waals surface area (Å²) in [7, 11) is 0. The van der Waals surface area contributed by atoms with Crippen molar-refractivity contribution in [2.45, 2.75) is 25.8 Å². The summed E-state index contributed by atoms with van der Waals surface area (Å²) in [5.41, 5.74) is 3.70. The Morgan fingerprint density at radius 3 is 2.74 bits per heavy atom. The van der Waals surface area contributed by atoms with Crippen LogP contribution in [0.15, 0.2) is 29.3 Å². The lowest BCUT2D eigenvalue weighted by Gasteiger charge is -2.08. The van der Waals surface area contributed by atoms with E-state index < -0.39 is 0 Å². The zero-order chi connectivity index (χ0) is 19.6. The summed E-state index contributed by atoms with van der Waals surface area (Å²) in [6.07, 6.45) is 0. The van der Waals surface area contributed by atoms with Crippen molar-refractivity contribution < 1.29 is 4.79 Å².